The lowest BCUT2D eigenvalue weighted by atomic mass is 10.1. The fourth-order valence-corrected chi connectivity index (χ4v) is 2.89. The minimum Gasteiger partial charge on any atom is -0.491 e. The molecule has 0 saturated carbocycles. The van der Waals surface area contributed by atoms with Crippen molar-refractivity contribution in [2.75, 3.05) is 20.3 Å². The van der Waals surface area contributed by atoms with Crippen LogP contribution in [-0.2, 0) is 11.3 Å². The van der Waals surface area contributed by atoms with E-state index in [0.717, 1.165) is 33.5 Å². The summed E-state index contributed by atoms with van der Waals surface area (Å²) in [5.74, 6) is 0.631. The summed E-state index contributed by atoms with van der Waals surface area (Å²) in [6, 6.07) is 15.6. The van der Waals surface area contributed by atoms with Crippen LogP contribution < -0.4 is 10.1 Å². The summed E-state index contributed by atoms with van der Waals surface area (Å²) >= 11 is 0. The Morgan fingerprint density at radius 3 is 2.74 bits per heavy atom. The van der Waals surface area contributed by atoms with E-state index in [1.54, 1.807) is 7.11 Å². The molecule has 0 atom stereocenters. The van der Waals surface area contributed by atoms with Crippen molar-refractivity contribution < 1.29 is 14.3 Å². The van der Waals surface area contributed by atoms with Gasteiger partial charge in [-0.15, -0.1) is 0 Å². The second-order valence-corrected chi connectivity index (χ2v) is 6.49. The number of aryl methyl sites for hydroxylation is 2. The third-order valence-corrected chi connectivity index (χ3v) is 4.31. The highest BCUT2D eigenvalue weighted by Crippen LogP contribution is 2.18. The van der Waals surface area contributed by atoms with E-state index in [-0.39, 0.29) is 5.91 Å². The van der Waals surface area contributed by atoms with Crippen molar-refractivity contribution in [3.8, 4) is 5.75 Å². The molecule has 1 amide bonds. The van der Waals surface area contributed by atoms with Gasteiger partial charge in [-0.05, 0) is 49.7 Å². The Bertz CT molecular complexity index is 953. The first kappa shape index (κ1) is 18.9. The molecule has 3 aromatic rings. The summed E-state index contributed by atoms with van der Waals surface area (Å²) in [6.45, 7) is 5.34. The Morgan fingerprint density at radius 1 is 1.07 bits per heavy atom. The first-order valence-corrected chi connectivity index (χ1v) is 8.93. The van der Waals surface area contributed by atoms with Crippen LogP contribution in [0.3, 0.4) is 0 Å². The van der Waals surface area contributed by atoms with Crippen molar-refractivity contribution in [3.63, 3.8) is 0 Å². The number of pyridine rings is 1. The van der Waals surface area contributed by atoms with Crippen LogP contribution in [0.5, 0.6) is 5.75 Å². The van der Waals surface area contributed by atoms with Crippen LogP contribution >= 0.6 is 0 Å². The maximum Gasteiger partial charge on any atom is 0.253 e. The SMILES string of the molecule is COCCOc1cccc(CNC(=O)c2cc3cc(C)ccc3nc2C)c1. The maximum absolute atomic E-state index is 12.7. The number of rotatable bonds is 7. The average Bonchev–Trinajstić information content (AvgIpc) is 2.66. The first-order valence-electron chi connectivity index (χ1n) is 8.93. The second-order valence-electron chi connectivity index (χ2n) is 6.49. The van der Waals surface area contributed by atoms with Gasteiger partial charge in [0.25, 0.3) is 5.91 Å². The summed E-state index contributed by atoms with van der Waals surface area (Å²) in [5, 5.41) is 3.94. The molecule has 5 nitrogen and oxygen atoms in total. The van der Waals surface area contributed by atoms with E-state index in [4.69, 9.17) is 9.47 Å². The zero-order valence-electron chi connectivity index (χ0n) is 15.9. The van der Waals surface area contributed by atoms with Crippen LogP contribution in [0.25, 0.3) is 10.9 Å². The largest absolute Gasteiger partial charge is 0.491 e. The number of fused-ring (bicyclic) bond motifs is 1. The van der Waals surface area contributed by atoms with Crippen molar-refractivity contribution in [1.29, 1.82) is 0 Å². The van der Waals surface area contributed by atoms with Gasteiger partial charge in [0.15, 0.2) is 0 Å². The molecule has 0 aliphatic heterocycles. The number of hydrogen-bond acceptors (Lipinski definition) is 4. The standard InChI is InChI=1S/C22H24N2O3/c1-15-7-8-21-18(11-15)13-20(16(2)24-21)22(25)23-14-17-5-4-6-19(12-17)27-10-9-26-3/h4-8,11-13H,9-10,14H2,1-3H3,(H,23,25). The van der Waals surface area contributed by atoms with E-state index in [1.165, 1.54) is 0 Å². The van der Waals surface area contributed by atoms with Crippen LogP contribution in [0.2, 0.25) is 0 Å². The number of carbonyl (C=O) groups is 1. The molecule has 0 radical (unpaired) electrons. The molecule has 0 aliphatic rings. The number of ether oxygens (including phenoxy) is 2. The van der Waals surface area contributed by atoms with Crippen molar-refractivity contribution in [1.82, 2.24) is 10.3 Å². The van der Waals surface area contributed by atoms with Gasteiger partial charge in [-0.2, -0.15) is 0 Å². The van der Waals surface area contributed by atoms with E-state index in [2.05, 4.69) is 10.3 Å². The Hall–Kier alpha value is -2.92. The molecule has 0 fully saturated rings. The fourth-order valence-electron chi connectivity index (χ4n) is 2.89. The number of benzene rings is 2. The summed E-state index contributed by atoms with van der Waals surface area (Å²) < 4.78 is 10.6. The van der Waals surface area contributed by atoms with Gasteiger partial charge in [-0.1, -0.05) is 23.8 Å². The van der Waals surface area contributed by atoms with E-state index >= 15 is 0 Å². The lowest BCUT2D eigenvalue weighted by Crippen LogP contribution is -2.24. The van der Waals surface area contributed by atoms with Crippen molar-refractivity contribution in [2.24, 2.45) is 0 Å². The molecule has 2 aromatic carbocycles. The third kappa shape index (κ3) is 4.83. The lowest BCUT2D eigenvalue weighted by Gasteiger charge is -2.11. The number of methoxy groups -OCH3 is 1. The number of nitrogens with one attached hydrogen (secondary N) is 1. The minimum absolute atomic E-state index is 0.130. The van der Waals surface area contributed by atoms with Gasteiger partial charge in [-0.3, -0.25) is 9.78 Å². The number of nitrogens with zero attached hydrogens (tertiary/aromatic N) is 1. The van der Waals surface area contributed by atoms with E-state index in [1.807, 2.05) is 62.4 Å². The summed E-state index contributed by atoms with van der Waals surface area (Å²) in [4.78, 5) is 17.2. The number of amides is 1. The molecule has 3 rings (SSSR count). The van der Waals surface area contributed by atoms with Gasteiger partial charge in [-0.25, -0.2) is 0 Å². The van der Waals surface area contributed by atoms with E-state index < -0.39 is 0 Å². The molecule has 140 valence electrons. The van der Waals surface area contributed by atoms with Crippen LogP contribution in [0.4, 0.5) is 0 Å². The summed E-state index contributed by atoms with van der Waals surface area (Å²) in [6.07, 6.45) is 0. The second kappa shape index (κ2) is 8.64. The quantitative estimate of drug-likeness (QED) is 0.648. The molecule has 1 N–H and O–H groups in total. The van der Waals surface area contributed by atoms with E-state index in [0.29, 0.717) is 25.3 Å². The molecule has 27 heavy (non-hydrogen) atoms. The highest BCUT2D eigenvalue weighted by molar-refractivity contribution is 5.98. The van der Waals surface area contributed by atoms with Crippen LogP contribution in [-0.4, -0.2) is 31.2 Å². The van der Waals surface area contributed by atoms with Crippen molar-refractivity contribution >= 4 is 16.8 Å². The Morgan fingerprint density at radius 2 is 1.93 bits per heavy atom. The Labute approximate surface area is 159 Å². The van der Waals surface area contributed by atoms with Crippen LogP contribution in [0, 0.1) is 13.8 Å². The van der Waals surface area contributed by atoms with Crippen LogP contribution in [0.1, 0.15) is 27.2 Å². The van der Waals surface area contributed by atoms with Crippen molar-refractivity contribution in [3.05, 3.63) is 70.9 Å². The molecule has 0 spiro atoms. The Kier molecular flexibility index (Phi) is 6.04. The summed E-state index contributed by atoms with van der Waals surface area (Å²) in [5.41, 5.74) is 4.34. The molecule has 0 unspecified atom stereocenters. The van der Waals surface area contributed by atoms with E-state index in [9.17, 15) is 4.79 Å². The molecule has 1 heterocycles. The highest BCUT2D eigenvalue weighted by atomic mass is 16.5. The molecule has 5 heteroatoms. The number of carbonyl (C=O) groups excluding carboxylic acids is 1. The van der Waals surface area contributed by atoms with Gasteiger partial charge < -0.3 is 14.8 Å². The average molecular weight is 364 g/mol. The van der Waals surface area contributed by atoms with Crippen LogP contribution in [0.15, 0.2) is 48.5 Å². The Balaban J connectivity index is 1.70. The van der Waals surface area contributed by atoms with Gasteiger partial charge in [0, 0.05) is 19.0 Å². The minimum atomic E-state index is -0.130. The first-order chi connectivity index (χ1) is 13.1. The van der Waals surface area contributed by atoms with Gasteiger partial charge in [0.2, 0.25) is 0 Å². The molecular formula is C22H24N2O3. The normalized spacial score (nSPS) is 10.8. The monoisotopic (exact) mass is 364 g/mol. The predicted octanol–water partition coefficient (Wildman–Crippen LogP) is 3.81. The van der Waals surface area contributed by atoms with Crippen molar-refractivity contribution in [2.45, 2.75) is 20.4 Å². The zero-order valence-corrected chi connectivity index (χ0v) is 15.9. The zero-order chi connectivity index (χ0) is 19.2. The predicted molar refractivity (Wildman–Crippen MR) is 106 cm³/mol. The molecule has 1 aromatic heterocycles. The number of aromatic nitrogens is 1. The van der Waals surface area contributed by atoms with Gasteiger partial charge >= 0.3 is 0 Å². The van der Waals surface area contributed by atoms with Gasteiger partial charge in [0.05, 0.1) is 23.4 Å². The highest BCUT2D eigenvalue weighted by Gasteiger charge is 2.12. The summed E-state index contributed by atoms with van der Waals surface area (Å²) in [7, 11) is 1.64. The molecular weight excluding hydrogens is 340 g/mol. The molecule has 0 aliphatic carbocycles. The maximum atomic E-state index is 12.7. The molecule has 0 saturated heterocycles. The third-order valence-electron chi connectivity index (χ3n) is 4.31. The smallest absolute Gasteiger partial charge is 0.253 e. The number of hydrogen-bond donors (Lipinski definition) is 1. The molecule has 0 bridgehead atoms. The topological polar surface area (TPSA) is 60.5 Å². The fraction of sp³-hybridized carbons (Fsp3) is 0.273. The van der Waals surface area contributed by atoms with Gasteiger partial charge in [0.1, 0.15) is 12.4 Å². The lowest BCUT2D eigenvalue weighted by molar-refractivity contribution is 0.0950.